The van der Waals surface area contributed by atoms with Crippen LogP contribution in [0.1, 0.15) is 27.3 Å². The van der Waals surface area contributed by atoms with Crippen molar-refractivity contribution in [2.45, 2.75) is 20.3 Å². The molecule has 1 heterocycles. The van der Waals surface area contributed by atoms with Crippen LogP contribution in [-0.4, -0.2) is 22.2 Å². The molecule has 0 aliphatic rings. The summed E-state index contributed by atoms with van der Waals surface area (Å²) in [6, 6.07) is 7.07. The summed E-state index contributed by atoms with van der Waals surface area (Å²) in [6.07, 6.45) is 0.768. The zero-order valence-electron chi connectivity index (χ0n) is 12.5. The molecule has 0 aliphatic heterocycles. The van der Waals surface area contributed by atoms with Crippen LogP contribution in [0, 0.1) is 13.8 Å². The second-order valence-corrected chi connectivity index (χ2v) is 4.87. The van der Waals surface area contributed by atoms with Crippen LogP contribution < -0.4 is 11.1 Å². The van der Waals surface area contributed by atoms with Gasteiger partial charge in [0.1, 0.15) is 0 Å². The maximum absolute atomic E-state index is 12.0. The number of aryl methyl sites for hydroxylation is 2. The first-order valence-corrected chi connectivity index (χ1v) is 6.62. The van der Waals surface area contributed by atoms with Gasteiger partial charge in [-0.2, -0.15) is 5.10 Å². The number of aromatic nitrogens is 2. The first-order valence-electron chi connectivity index (χ1n) is 6.62. The van der Waals surface area contributed by atoms with E-state index in [1.807, 2.05) is 31.6 Å². The van der Waals surface area contributed by atoms with E-state index in [0.717, 1.165) is 17.8 Å². The Hall–Kier alpha value is -2.01. The van der Waals surface area contributed by atoms with E-state index in [1.165, 1.54) is 5.56 Å². The highest BCUT2D eigenvalue weighted by molar-refractivity contribution is 5.99. The van der Waals surface area contributed by atoms with Gasteiger partial charge < -0.3 is 11.1 Å². The van der Waals surface area contributed by atoms with Gasteiger partial charge in [0.2, 0.25) is 0 Å². The van der Waals surface area contributed by atoms with E-state index >= 15 is 0 Å². The molecule has 21 heavy (non-hydrogen) atoms. The van der Waals surface area contributed by atoms with Gasteiger partial charge in [-0.25, -0.2) is 0 Å². The molecule has 0 atom stereocenters. The fraction of sp³-hybridized carbons (Fsp3) is 0.333. The molecule has 3 N–H and O–H groups in total. The first kappa shape index (κ1) is 17.0. The molecule has 0 spiro atoms. The Bertz CT molecular complexity index is 637. The second kappa shape index (κ2) is 7.13. The molecule has 0 aliphatic carbocycles. The molecule has 0 unspecified atom stereocenters. The Balaban J connectivity index is 0.00000220. The number of nitrogen functional groups attached to an aromatic ring is 1. The maximum Gasteiger partial charge on any atom is 0.253 e. The van der Waals surface area contributed by atoms with Gasteiger partial charge in [0.15, 0.2) is 0 Å². The summed E-state index contributed by atoms with van der Waals surface area (Å²) in [5.41, 5.74) is 10.1. The van der Waals surface area contributed by atoms with Crippen molar-refractivity contribution in [2.75, 3.05) is 12.3 Å². The third-order valence-electron chi connectivity index (χ3n) is 3.52. The van der Waals surface area contributed by atoms with Crippen LogP contribution in [0.5, 0.6) is 0 Å². The fourth-order valence-corrected chi connectivity index (χ4v) is 2.28. The van der Waals surface area contributed by atoms with Crippen molar-refractivity contribution in [3.8, 4) is 0 Å². The van der Waals surface area contributed by atoms with Crippen LogP contribution in [0.25, 0.3) is 0 Å². The van der Waals surface area contributed by atoms with Crippen molar-refractivity contribution >= 4 is 24.0 Å². The lowest BCUT2D eigenvalue weighted by Gasteiger charge is -2.07. The van der Waals surface area contributed by atoms with Crippen molar-refractivity contribution in [2.24, 2.45) is 7.05 Å². The standard InChI is InChI=1S/C15H20N4O.ClH/c1-10-12(11(2)19(3)18-10)8-9-17-15(20)13-6-4-5-7-14(13)16;/h4-7H,8-9,16H2,1-3H3,(H,17,20);1H. The van der Waals surface area contributed by atoms with Gasteiger partial charge in [-0.05, 0) is 38.0 Å². The fourth-order valence-electron chi connectivity index (χ4n) is 2.28. The van der Waals surface area contributed by atoms with Crippen molar-refractivity contribution in [1.29, 1.82) is 0 Å². The second-order valence-electron chi connectivity index (χ2n) is 4.87. The number of carbonyl (C=O) groups is 1. The summed E-state index contributed by atoms with van der Waals surface area (Å²) in [4.78, 5) is 12.0. The molecular formula is C15H21ClN4O. The Kier molecular flexibility index (Phi) is 5.79. The lowest BCUT2D eigenvalue weighted by atomic mass is 10.1. The van der Waals surface area contributed by atoms with Crippen molar-refractivity contribution < 1.29 is 4.79 Å². The number of anilines is 1. The smallest absolute Gasteiger partial charge is 0.253 e. The number of para-hydroxylation sites is 1. The van der Waals surface area contributed by atoms with E-state index in [0.29, 0.717) is 17.8 Å². The van der Waals surface area contributed by atoms with Crippen LogP contribution in [0.3, 0.4) is 0 Å². The predicted molar refractivity (Wildman–Crippen MR) is 86.8 cm³/mol. The minimum absolute atomic E-state index is 0. The topological polar surface area (TPSA) is 72.9 Å². The summed E-state index contributed by atoms with van der Waals surface area (Å²) in [5.74, 6) is -0.137. The molecule has 2 aromatic rings. The molecule has 1 amide bonds. The lowest BCUT2D eigenvalue weighted by Crippen LogP contribution is -2.26. The van der Waals surface area contributed by atoms with Gasteiger partial charge in [-0.3, -0.25) is 9.48 Å². The SMILES string of the molecule is Cc1nn(C)c(C)c1CCNC(=O)c1ccccc1N.Cl. The van der Waals surface area contributed by atoms with Crippen molar-refractivity contribution in [3.05, 3.63) is 46.8 Å². The average molecular weight is 309 g/mol. The molecule has 114 valence electrons. The number of hydrogen-bond donors (Lipinski definition) is 2. The molecule has 1 aromatic carbocycles. The Morgan fingerprint density at radius 1 is 1.33 bits per heavy atom. The Labute approximate surface area is 130 Å². The molecule has 0 saturated carbocycles. The first-order chi connectivity index (χ1) is 9.50. The van der Waals surface area contributed by atoms with Crippen molar-refractivity contribution in [1.82, 2.24) is 15.1 Å². The third kappa shape index (κ3) is 3.76. The van der Waals surface area contributed by atoms with Crippen LogP contribution >= 0.6 is 12.4 Å². The minimum atomic E-state index is -0.137. The van der Waals surface area contributed by atoms with Crippen LogP contribution in [0.15, 0.2) is 24.3 Å². The number of halogens is 1. The zero-order chi connectivity index (χ0) is 14.7. The number of benzene rings is 1. The highest BCUT2D eigenvalue weighted by Crippen LogP contribution is 2.13. The quantitative estimate of drug-likeness (QED) is 0.849. The summed E-state index contributed by atoms with van der Waals surface area (Å²) >= 11 is 0. The van der Waals surface area contributed by atoms with Crippen molar-refractivity contribution in [3.63, 3.8) is 0 Å². The summed E-state index contributed by atoms with van der Waals surface area (Å²) in [6.45, 7) is 4.59. The normalized spacial score (nSPS) is 10.0. The Morgan fingerprint density at radius 3 is 2.57 bits per heavy atom. The van der Waals surface area contributed by atoms with Crippen LogP contribution in [0.4, 0.5) is 5.69 Å². The minimum Gasteiger partial charge on any atom is -0.398 e. The molecule has 1 aromatic heterocycles. The largest absolute Gasteiger partial charge is 0.398 e. The van der Waals surface area contributed by atoms with Gasteiger partial charge in [-0.15, -0.1) is 12.4 Å². The summed E-state index contributed by atoms with van der Waals surface area (Å²) in [7, 11) is 1.93. The van der Waals surface area contributed by atoms with E-state index < -0.39 is 0 Å². The molecule has 2 rings (SSSR count). The van der Waals surface area contributed by atoms with Gasteiger partial charge >= 0.3 is 0 Å². The maximum atomic E-state index is 12.0. The van der Waals surface area contributed by atoms with Crippen LogP contribution in [0.2, 0.25) is 0 Å². The van der Waals surface area contributed by atoms with E-state index in [9.17, 15) is 4.79 Å². The number of hydrogen-bond acceptors (Lipinski definition) is 3. The van der Waals surface area contributed by atoms with E-state index in [-0.39, 0.29) is 18.3 Å². The molecule has 6 heteroatoms. The highest BCUT2D eigenvalue weighted by atomic mass is 35.5. The van der Waals surface area contributed by atoms with Crippen LogP contribution in [-0.2, 0) is 13.5 Å². The van der Waals surface area contributed by atoms with E-state index in [4.69, 9.17) is 5.73 Å². The van der Waals surface area contributed by atoms with Gasteiger partial charge in [-0.1, -0.05) is 12.1 Å². The molecule has 0 radical (unpaired) electrons. The molecule has 0 bridgehead atoms. The van der Waals surface area contributed by atoms with Gasteiger partial charge in [0.05, 0.1) is 11.3 Å². The predicted octanol–water partition coefficient (Wildman–Crippen LogP) is 2.01. The summed E-state index contributed by atoms with van der Waals surface area (Å²) < 4.78 is 1.86. The number of rotatable bonds is 4. The highest BCUT2D eigenvalue weighted by Gasteiger charge is 2.11. The van der Waals surface area contributed by atoms with Gasteiger partial charge in [0.25, 0.3) is 5.91 Å². The lowest BCUT2D eigenvalue weighted by molar-refractivity contribution is 0.0955. The molecular weight excluding hydrogens is 288 g/mol. The molecule has 0 fully saturated rings. The number of nitrogens with zero attached hydrogens (tertiary/aromatic N) is 2. The zero-order valence-corrected chi connectivity index (χ0v) is 13.3. The molecule has 0 saturated heterocycles. The monoisotopic (exact) mass is 308 g/mol. The number of nitrogens with two attached hydrogens (primary N) is 1. The summed E-state index contributed by atoms with van der Waals surface area (Å²) in [5, 5.41) is 7.26. The van der Waals surface area contributed by atoms with Gasteiger partial charge in [0, 0.05) is 25.0 Å². The average Bonchev–Trinajstić information content (AvgIpc) is 2.65. The number of amides is 1. The van der Waals surface area contributed by atoms with E-state index in [2.05, 4.69) is 10.4 Å². The number of nitrogens with one attached hydrogen (secondary N) is 1. The third-order valence-corrected chi connectivity index (χ3v) is 3.52. The Morgan fingerprint density at radius 2 is 2.00 bits per heavy atom. The molecule has 5 nitrogen and oxygen atoms in total. The number of carbonyl (C=O) groups excluding carboxylic acids is 1. The van der Waals surface area contributed by atoms with E-state index in [1.54, 1.807) is 18.2 Å².